The van der Waals surface area contributed by atoms with Gasteiger partial charge in [0.25, 0.3) is 0 Å². The molecule has 0 saturated carbocycles. The normalized spacial score (nSPS) is 14.4. The quantitative estimate of drug-likeness (QED) is 0.444. The van der Waals surface area contributed by atoms with Gasteiger partial charge >= 0.3 is 0 Å². The molecule has 1 aliphatic heterocycles. The van der Waals surface area contributed by atoms with Gasteiger partial charge < -0.3 is 15.4 Å². The summed E-state index contributed by atoms with van der Waals surface area (Å²) in [5, 5.41) is 5.75. The average Bonchev–Trinajstić information content (AvgIpc) is 3.27. The number of para-hydroxylation sites is 1. The third kappa shape index (κ3) is 3.74. The lowest BCUT2D eigenvalue weighted by Gasteiger charge is -2.28. The number of rotatable bonds is 4. The van der Waals surface area contributed by atoms with Crippen molar-refractivity contribution in [3.63, 3.8) is 0 Å². The van der Waals surface area contributed by atoms with E-state index in [1.807, 2.05) is 59.3 Å². The van der Waals surface area contributed by atoms with Gasteiger partial charge in [0.05, 0.1) is 42.0 Å². The van der Waals surface area contributed by atoms with Gasteiger partial charge in [0.15, 0.2) is 5.65 Å². The highest BCUT2D eigenvalue weighted by atomic mass is 16.5. The smallest absolute Gasteiger partial charge is 0.178 e. The van der Waals surface area contributed by atoms with E-state index >= 15 is 0 Å². The summed E-state index contributed by atoms with van der Waals surface area (Å²) < 4.78 is 7.42. The maximum atomic E-state index is 5.84. The second kappa shape index (κ2) is 8.57. The monoisotopic (exact) mass is 449 g/mol. The van der Waals surface area contributed by atoms with E-state index in [1.54, 1.807) is 12.3 Å². The first kappa shape index (κ1) is 20.3. The number of benzene rings is 1. The molecule has 4 aromatic heterocycles. The fourth-order valence-corrected chi connectivity index (χ4v) is 4.27. The van der Waals surface area contributed by atoms with E-state index < -0.39 is 0 Å². The number of hydrogen-bond acceptors (Lipinski definition) is 7. The number of nitrogens with two attached hydrogens (primary N) is 1. The molecule has 2 N–H and O–H groups in total. The van der Waals surface area contributed by atoms with E-state index in [4.69, 9.17) is 20.4 Å². The fraction of sp³-hybridized carbons (Fsp3) is 0.154. The summed E-state index contributed by atoms with van der Waals surface area (Å²) >= 11 is 0. The summed E-state index contributed by atoms with van der Waals surface area (Å²) in [6, 6.07) is 17.9. The van der Waals surface area contributed by atoms with E-state index in [-0.39, 0.29) is 0 Å². The maximum absolute atomic E-state index is 5.84. The van der Waals surface area contributed by atoms with Gasteiger partial charge in [0.2, 0.25) is 0 Å². The predicted molar refractivity (Wildman–Crippen MR) is 134 cm³/mol. The van der Waals surface area contributed by atoms with Gasteiger partial charge in [-0.25, -0.2) is 19.5 Å². The molecule has 6 rings (SSSR count). The summed E-state index contributed by atoms with van der Waals surface area (Å²) in [4.78, 5) is 16.4. The molecule has 5 heterocycles. The topological polar surface area (TPSA) is 94.5 Å². The predicted octanol–water partition coefficient (Wildman–Crippen LogP) is 3.93. The molecule has 0 spiro atoms. The van der Waals surface area contributed by atoms with Gasteiger partial charge in [-0.1, -0.05) is 24.3 Å². The van der Waals surface area contributed by atoms with Gasteiger partial charge in [-0.15, -0.1) is 0 Å². The van der Waals surface area contributed by atoms with Gasteiger partial charge in [0, 0.05) is 30.2 Å². The van der Waals surface area contributed by atoms with E-state index in [0.29, 0.717) is 19.0 Å². The van der Waals surface area contributed by atoms with Crippen LogP contribution in [-0.2, 0) is 4.74 Å². The zero-order chi connectivity index (χ0) is 22.9. The van der Waals surface area contributed by atoms with Crippen molar-refractivity contribution in [2.24, 2.45) is 0 Å². The van der Waals surface area contributed by atoms with Crippen LogP contribution in [0.5, 0.6) is 0 Å². The van der Waals surface area contributed by atoms with Crippen LogP contribution in [0, 0.1) is 0 Å². The van der Waals surface area contributed by atoms with Gasteiger partial charge in [-0.05, 0) is 42.5 Å². The molecule has 0 aliphatic carbocycles. The molecule has 1 saturated heterocycles. The number of aromatic nitrogens is 5. The van der Waals surface area contributed by atoms with Gasteiger partial charge in [0.1, 0.15) is 11.5 Å². The summed E-state index contributed by atoms with van der Waals surface area (Å²) in [5.41, 5.74) is 12.0. The van der Waals surface area contributed by atoms with E-state index in [9.17, 15) is 0 Å². The van der Waals surface area contributed by atoms with E-state index in [2.05, 4.69) is 27.1 Å². The third-order valence-electron chi connectivity index (χ3n) is 5.97. The second-order valence-corrected chi connectivity index (χ2v) is 8.13. The van der Waals surface area contributed by atoms with Crippen LogP contribution in [-0.4, -0.2) is 50.9 Å². The van der Waals surface area contributed by atoms with Crippen molar-refractivity contribution in [1.82, 2.24) is 24.6 Å². The summed E-state index contributed by atoms with van der Waals surface area (Å²) in [7, 11) is 0. The molecule has 5 aromatic rings. The highest BCUT2D eigenvalue weighted by Gasteiger charge is 2.20. The maximum Gasteiger partial charge on any atom is 0.178 e. The minimum absolute atomic E-state index is 0.469. The average molecular weight is 450 g/mol. The minimum atomic E-state index is 0.469. The number of imidazole rings is 1. The molecular weight excluding hydrogens is 426 g/mol. The first-order valence-electron chi connectivity index (χ1n) is 11.2. The lowest BCUT2D eigenvalue weighted by Crippen LogP contribution is -2.36. The third-order valence-corrected chi connectivity index (χ3v) is 5.97. The van der Waals surface area contributed by atoms with Crippen LogP contribution in [0.4, 0.5) is 11.5 Å². The van der Waals surface area contributed by atoms with Crippen LogP contribution in [0.1, 0.15) is 11.4 Å². The van der Waals surface area contributed by atoms with Gasteiger partial charge in [-0.2, -0.15) is 5.10 Å². The van der Waals surface area contributed by atoms with Crippen molar-refractivity contribution >= 4 is 40.2 Å². The van der Waals surface area contributed by atoms with Crippen molar-refractivity contribution < 1.29 is 4.74 Å². The molecule has 0 unspecified atom stereocenters. The molecule has 0 radical (unpaired) electrons. The zero-order valence-corrected chi connectivity index (χ0v) is 18.5. The van der Waals surface area contributed by atoms with Crippen molar-refractivity contribution in [2.45, 2.75) is 0 Å². The summed E-state index contributed by atoms with van der Waals surface area (Å²) in [5.74, 6) is 0.469. The Morgan fingerprint density at radius 3 is 2.65 bits per heavy atom. The largest absolute Gasteiger partial charge is 0.384 e. The molecule has 8 heteroatoms. The zero-order valence-electron chi connectivity index (χ0n) is 18.5. The van der Waals surface area contributed by atoms with Crippen molar-refractivity contribution in [3.05, 3.63) is 78.4 Å². The number of pyridine rings is 2. The van der Waals surface area contributed by atoms with Crippen LogP contribution in [0.2, 0.25) is 0 Å². The summed E-state index contributed by atoms with van der Waals surface area (Å²) in [6.45, 7) is 3.03. The SMILES string of the molecule is Nc1ccc(-c2c(C=Cc3ccc4ccccc4n3)nc3c(N4CCOCC4)ccnn23)cn1. The molecule has 34 heavy (non-hydrogen) atoms. The van der Waals surface area contributed by atoms with Crippen LogP contribution in [0.25, 0.3) is 40.0 Å². The van der Waals surface area contributed by atoms with Crippen LogP contribution < -0.4 is 10.6 Å². The number of morpholine rings is 1. The number of nitrogens with zero attached hydrogens (tertiary/aromatic N) is 6. The Balaban J connectivity index is 1.49. The standard InChI is InChI=1S/C26H23N7O/c27-24-10-6-19(17-28-24)25-22(9-8-20-7-5-18-3-1-2-4-21(18)30-20)31-26-23(11-12-29-33(25)26)32-13-15-34-16-14-32/h1-12,17H,13-16H2,(H2,27,28). The molecule has 0 atom stereocenters. The molecule has 1 fully saturated rings. The molecule has 168 valence electrons. The second-order valence-electron chi connectivity index (χ2n) is 8.13. The van der Waals surface area contributed by atoms with E-state index in [1.165, 1.54) is 0 Å². The fourth-order valence-electron chi connectivity index (χ4n) is 4.27. The first-order chi connectivity index (χ1) is 16.8. The number of ether oxygens (including phenoxy) is 1. The Morgan fingerprint density at radius 2 is 1.79 bits per heavy atom. The number of anilines is 2. The number of nitrogen functional groups attached to an aromatic ring is 1. The van der Waals surface area contributed by atoms with Crippen LogP contribution in [0.15, 0.2) is 67.0 Å². The Morgan fingerprint density at radius 1 is 0.912 bits per heavy atom. The van der Waals surface area contributed by atoms with Crippen molar-refractivity contribution in [2.75, 3.05) is 36.9 Å². The van der Waals surface area contributed by atoms with E-state index in [0.717, 1.165) is 58.0 Å². The first-order valence-corrected chi connectivity index (χ1v) is 11.2. The molecule has 0 amide bonds. The highest BCUT2D eigenvalue weighted by molar-refractivity contribution is 5.84. The molecule has 1 aromatic carbocycles. The Bertz CT molecular complexity index is 1500. The molecule has 8 nitrogen and oxygen atoms in total. The Hall–Kier alpha value is -4.30. The molecule has 1 aliphatic rings. The Labute approximate surface area is 196 Å². The lowest BCUT2D eigenvalue weighted by atomic mass is 10.1. The lowest BCUT2D eigenvalue weighted by molar-refractivity contribution is 0.123. The highest BCUT2D eigenvalue weighted by Crippen LogP contribution is 2.30. The van der Waals surface area contributed by atoms with Crippen molar-refractivity contribution in [3.8, 4) is 11.3 Å². The minimum Gasteiger partial charge on any atom is -0.384 e. The van der Waals surface area contributed by atoms with Crippen LogP contribution in [0.3, 0.4) is 0 Å². The number of fused-ring (bicyclic) bond motifs is 2. The van der Waals surface area contributed by atoms with Gasteiger partial charge in [-0.3, -0.25) is 0 Å². The molecular formula is C26H23N7O. The van der Waals surface area contributed by atoms with Crippen molar-refractivity contribution in [1.29, 1.82) is 0 Å². The summed E-state index contributed by atoms with van der Waals surface area (Å²) in [6.07, 6.45) is 7.54. The Kier molecular flexibility index (Phi) is 5.12. The molecule has 0 bridgehead atoms. The number of hydrogen-bond donors (Lipinski definition) is 1. The van der Waals surface area contributed by atoms with Crippen LogP contribution >= 0.6 is 0 Å².